The van der Waals surface area contributed by atoms with Gasteiger partial charge in [0.1, 0.15) is 10.7 Å². The first-order valence-corrected chi connectivity index (χ1v) is 7.77. The van der Waals surface area contributed by atoms with Crippen molar-refractivity contribution in [2.75, 3.05) is 51.6 Å². The number of carbonyl (C=O) groups is 1. The molecule has 8 heteroatoms. The third-order valence-electron chi connectivity index (χ3n) is 3.17. The number of amides is 1. The third-order valence-corrected chi connectivity index (χ3v) is 4.16. The highest BCUT2D eigenvalue weighted by Crippen LogP contribution is 2.31. The Morgan fingerprint density at radius 2 is 2.00 bits per heavy atom. The molecule has 0 aromatic carbocycles. The van der Waals surface area contributed by atoms with Crippen molar-refractivity contribution in [3.05, 3.63) is 4.88 Å². The van der Waals surface area contributed by atoms with E-state index in [1.54, 1.807) is 19.1 Å². The molecule has 1 aliphatic rings. The Morgan fingerprint density at radius 1 is 1.38 bits per heavy atom. The summed E-state index contributed by atoms with van der Waals surface area (Å²) in [4.78, 5) is 19.0. The van der Waals surface area contributed by atoms with Gasteiger partial charge in [0.05, 0.1) is 13.2 Å². The van der Waals surface area contributed by atoms with Crippen LogP contribution in [0.15, 0.2) is 0 Å². The standard InChI is InChI=1S/C13H22N4O3S/c1-19-7-5-17(6-8-20-2)12(18)10-11(14)16-13(21-10)15-9-3-4-9/h9H,3-8,14H2,1-2H3,(H,15,16). The second-order valence-corrected chi connectivity index (χ2v) is 5.93. The van der Waals surface area contributed by atoms with E-state index in [9.17, 15) is 4.79 Å². The van der Waals surface area contributed by atoms with E-state index in [0.29, 0.717) is 37.2 Å². The molecule has 0 saturated heterocycles. The van der Waals surface area contributed by atoms with Crippen LogP contribution in [-0.4, -0.2) is 62.4 Å². The van der Waals surface area contributed by atoms with Crippen molar-refractivity contribution in [3.63, 3.8) is 0 Å². The molecule has 1 fully saturated rings. The van der Waals surface area contributed by atoms with Crippen LogP contribution >= 0.6 is 11.3 Å². The Morgan fingerprint density at radius 3 is 2.52 bits per heavy atom. The van der Waals surface area contributed by atoms with Gasteiger partial charge in [0.25, 0.3) is 5.91 Å². The van der Waals surface area contributed by atoms with Crippen LogP contribution in [0.5, 0.6) is 0 Å². The molecule has 0 spiro atoms. The number of hydrogen-bond acceptors (Lipinski definition) is 7. The molecule has 2 rings (SSSR count). The largest absolute Gasteiger partial charge is 0.383 e. The van der Waals surface area contributed by atoms with Crippen LogP contribution in [0.2, 0.25) is 0 Å². The maximum Gasteiger partial charge on any atom is 0.268 e. The molecule has 1 aliphatic carbocycles. The van der Waals surface area contributed by atoms with Crippen molar-refractivity contribution in [1.29, 1.82) is 0 Å². The molecule has 0 unspecified atom stereocenters. The zero-order chi connectivity index (χ0) is 15.2. The highest BCUT2D eigenvalue weighted by molar-refractivity contribution is 7.18. The average molecular weight is 314 g/mol. The summed E-state index contributed by atoms with van der Waals surface area (Å²) < 4.78 is 10.1. The lowest BCUT2D eigenvalue weighted by Gasteiger charge is -2.21. The van der Waals surface area contributed by atoms with Crippen LogP contribution in [-0.2, 0) is 9.47 Å². The summed E-state index contributed by atoms with van der Waals surface area (Å²) in [6, 6.07) is 0.483. The molecule has 7 nitrogen and oxygen atoms in total. The molecular formula is C13H22N4O3S. The van der Waals surface area contributed by atoms with E-state index in [1.807, 2.05) is 0 Å². The summed E-state index contributed by atoms with van der Waals surface area (Å²) in [6.45, 7) is 1.95. The number of nitrogen functional groups attached to an aromatic ring is 1. The predicted octanol–water partition coefficient (Wildman–Crippen LogP) is 1.03. The highest BCUT2D eigenvalue weighted by Gasteiger charge is 2.26. The van der Waals surface area contributed by atoms with Crippen molar-refractivity contribution in [2.45, 2.75) is 18.9 Å². The lowest BCUT2D eigenvalue weighted by Crippen LogP contribution is -2.36. The smallest absolute Gasteiger partial charge is 0.268 e. The summed E-state index contributed by atoms with van der Waals surface area (Å²) in [5.41, 5.74) is 5.88. The maximum absolute atomic E-state index is 12.6. The number of hydrogen-bond donors (Lipinski definition) is 2. The number of nitrogens with two attached hydrogens (primary N) is 1. The van der Waals surface area contributed by atoms with Gasteiger partial charge in [-0.15, -0.1) is 0 Å². The first-order valence-electron chi connectivity index (χ1n) is 6.95. The second kappa shape index (κ2) is 7.58. The van der Waals surface area contributed by atoms with E-state index < -0.39 is 0 Å². The zero-order valence-corrected chi connectivity index (χ0v) is 13.2. The molecule has 1 heterocycles. The normalized spacial score (nSPS) is 14.2. The van der Waals surface area contributed by atoms with Gasteiger partial charge in [-0.1, -0.05) is 11.3 Å². The number of thiazole rings is 1. The molecule has 0 bridgehead atoms. The Balaban J connectivity index is 2.04. The lowest BCUT2D eigenvalue weighted by atomic mass is 10.4. The number of carbonyl (C=O) groups excluding carboxylic acids is 1. The van der Waals surface area contributed by atoms with Gasteiger partial charge in [-0.3, -0.25) is 4.79 Å². The fraction of sp³-hybridized carbons (Fsp3) is 0.692. The summed E-state index contributed by atoms with van der Waals surface area (Å²) >= 11 is 1.31. The van der Waals surface area contributed by atoms with Crippen molar-refractivity contribution in [1.82, 2.24) is 9.88 Å². The molecule has 1 saturated carbocycles. The topological polar surface area (TPSA) is 89.7 Å². The van der Waals surface area contributed by atoms with Crippen LogP contribution in [0.25, 0.3) is 0 Å². The van der Waals surface area contributed by atoms with Gasteiger partial charge in [-0.25, -0.2) is 4.98 Å². The van der Waals surface area contributed by atoms with Gasteiger partial charge in [0.15, 0.2) is 5.13 Å². The van der Waals surface area contributed by atoms with Gasteiger partial charge in [-0.05, 0) is 12.8 Å². The van der Waals surface area contributed by atoms with E-state index in [4.69, 9.17) is 15.2 Å². The highest BCUT2D eigenvalue weighted by atomic mass is 32.1. The minimum Gasteiger partial charge on any atom is -0.383 e. The molecular weight excluding hydrogens is 292 g/mol. The number of ether oxygens (including phenoxy) is 2. The molecule has 21 heavy (non-hydrogen) atoms. The Kier molecular flexibility index (Phi) is 5.77. The van der Waals surface area contributed by atoms with Crippen molar-refractivity contribution < 1.29 is 14.3 Å². The van der Waals surface area contributed by atoms with Crippen LogP contribution in [0.1, 0.15) is 22.5 Å². The monoisotopic (exact) mass is 314 g/mol. The fourth-order valence-corrected chi connectivity index (χ4v) is 2.74. The van der Waals surface area contributed by atoms with Gasteiger partial charge in [0.2, 0.25) is 0 Å². The molecule has 3 N–H and O–H groups in total. The summed E-state index contributed by atoms with van der Waals surface area (Å²) in [5.74, 6) is 0.163. The lowest BCUT2D eigenvalue weighted by molar-refractivity contribution is 0.0632. The quantitative estimate of drug-likeness (QED) is 0.708. The Labute approximate surface area is 128 Å². The third kappa shape index (κ3) is 4.55. The first kappa shape index (κ1) is 16.0. The number of anilines is 2. The summed E-state index contributed by atoms with van der Waals surface area (Å²) in [6.07, 6.45) is 2.30. The Hall–Kier alpha value is -1.38. The molecule has 1 aromatic heterocycles. The van der Waals surface area contributed by atoms with Crippen molar-refractivity contribution in [2.24, 2.45) is 0 Å². The fourth-order valence-electron chi connectivity index (χ4n) is 1.81. The van der Waals surface area contributed by atoms with Crippen LogP contribution in [0.3, 0.4) is 0 Å². The van der Waals surface area contributed by atoms with Gasteiger partial charge >= 0.3 is 0 Å². The number of nitrogens with one attached hydrogen (secondary N) is 1. The van der Waals surface area contributed by atoms with E-state index in [-0.39, 0.29) is 11.7 Å². The zero-order valence-electron chi connectivity index (χ0n) is 12.4. The molecule has 1 aromatic rings. The average Bonchev–Trinajstić information content (AvgIpc) is 3.20. The van der Waals surface area contributed by atoms with Crippen LogP contribution in [0.4, 0.5) is 10.9 Å². The number of rotatable bonds is 9. The van der Waals surface area contributed by atoms with Gasteiger partial charge in [-0.2, -0.15) is 0 Å². The SMILES string of the molecule is COCCN(CCOC)C(=O)c1sc(NC2CC2)nc1N. The number of nitrogens with zero attached hydrogens (tertiary/aromatic N) is 2. The number of aromatic nitrogens is 1. The van der Waals surface area contributed by atoms with Crippen LogP contribution in [0, 0.1) is 0 Å². The van der Waals surface area contributed by atoms with Crippen LogP contribution < -0.4 is 11.1 Å². The summed E-state index contributed by atoms with van der Waals surface area (Å²) in [7, 11) is 3.22. The van der Waals surface area contributed by atoms with Gasteiger partial charge < -0.3 is 25.4 Å². The van der Waals surface area contributed by atoms with E-state index >= 15 is 0 Å². The van der Waals surface area contributed by atoms with E-state index in [2.05, 4.69) is 10.3 Å². The summed E-state index contributed by atoms with van der Waals surface area (Å²) in [5, 5.41) is 3.98. The Bertz CT molecular complexity index is 468. The number of methoxy groups -OCH3 is 2. The minimum atomic E-state index is -0.122. The predicted molar refractivity (Wildman–Crippen MR) is 82.8 cm³/mol. The van der Waals surface area contributed by atoms with Gasteiger partial charge in [0, 0.05) is 33.4 Å². The molecule has 0 aliphatic heterocycles. The molecule has 0 radical (unpaired) electrons. The van der Waals surface area contributed by atoms with Crippen molar-refractivity contribution >= 4 is 28.2 Å². The molecule has 1 amide bonds. The maximum atomic E-state index is 12.6. The van der Waals surface area contributed by atoms with E-state index in [1.165, 1.54) is 11.3 Å². The molecule has 0 atom stereocenters. The van der Waals surface area contributed by atoms with E-state index in [0.717, 1.165) is 18.0 Å². The second-order valence-electron chi connectivity index (χ2n) is 4.93. The first-order chi connectivity index (χ1) is 10.2. The minimum absolute atomic E-state index is 0.122. The molecule has 118 valence electrons. The van der Waals surface area contributed by atoms with Crippen molar-refractivity contribution in [3.8, 4) is 0 Å².